The van der Waals surface area contributed by atoms with Crippen molar-refractivity contribution in [2.45, 2.75) is 19.3 Å². The van der Waals surface area contributed by atoms with Crippen LogP contribution in [0.5, 0.6) is 5.75 Å². The van der Waals surface area contributed by atoms with Gasteiger partial charge >= 0.3 is 0 Å². The molecule has 1 amide bonds. The van der Waals surface area contributed by atoms with Crippen molar-refractivity contribution in [3.8, 4) is 5.75 Å². The number of nitrogens with zero attached hydrogens (tertiary/aromatic N) is 1. The summed E-state index contributed by atoms with van der Waals surface area (Å²) in [5, 5.41) is 4.12. The van der Waals surface area contributed by atoms with Gasteiger partial charge in [-0.15, -0.1) is 0 Å². The van der Waals surface area contributed by atoms with Gasteiger partial charge in [0, 0.05) is 18.7 Å². The maximum absolute atomic E-state index is 12.7. The van der Waals surface area contributed by atoms with Crippen LogP contribution in [0.2, 0.25) is 15.1 Å². The molecular weight excluding hydrogens is 395 g/mol. The topological polar surface area (TPSA) is 41.6 Å². The molecule has 2 aromatic rings. The van der Waals surface area contributed by atoms with Gasteiger partial charge in [-0.25, -0.2) is 0 Å². The number of halogens is 3. The lowest BCUT2D eigenvalue weighted by molar-refractivity contribution is 0.102. The lowest BCUT2D eigenvalue weighted by atomic mass is 10.1. The zero-order valence-electron chi connectivity index (χ0n) is 14.3. The Bertz CT molecular complexity index is 797. The highest BCUT2D eigenvalue weighted by Gasteiger charge is 2.20. The third-order valence-electron chi connectivity index (χ3n) is 4.37. The Hall–Kier alpha value is -1.62. The van der Waals surface area contributed by atoms with E-state index in [1.165, 1.54) is 25.7 Å². The SMILES string of the molecule is COc1c(Cl)cc(C(=O)Nc2cccc(Cl)c2N2CCCCC2)cc1Cl. The molecule has 0 unspecified atom stereocenters. The van der Waals surface area contributed by atoms with Crippen LogP contribution in [-0.4, -0.2) is 26.1 Å². The molecule has 0 atom stereocenters. The summed E-state index contributed by atoms with van der Waals surface area (Å²) in [6, 6.07) is 8.57. The van der Waals surface area contributed by atoms with Crippen molar-refractivity contribution in [1.82, 2.24) is 0 Å². The second kappa shape index (κ2) is 8.38. The second-order valence-electron chi connectivity index (χ2n) is 6.11. The molecule has 1 fully saturated rings. The number of anilines is 2. The molecule has 138 valence electrons. The summed E-state index contributed by atoms with van der Waals surface area (Å²) < 4.78 is 5.12. The summed E-state index contributed by atoms with van der Waals surface area (Å²) in [5.41, 5.74) is 1.88. The maximum atomic E-state index is 12.7. The number of nitrogens with one attached hydrogen (secondary N) is 1. The first-order valence-electron chi connectivity index (χ1n) is 8.39. The molecule has 26 heavy (non-hydrogen) atoms. The van der Waals surface area contributed by atoms with Crippen molar-refractivity contribution < 1.29 is 9.53 Å². The number of hydrogen-bond donors (Lipinski definition) is 1. The van der Waals surface area contributed by atoms with E-state index in [9.17, 15) is 4.79 Å². The number of piperidine rings is 1. The highest BCUT2D eigenvalue weighted by molar-refractivity contribution is 6.38. The highest BCUT2D eigenvalue weighted by Crippen LogP contribution is 2.37. The van der Waals surface area contributed by atoms with E-state index in [1.807, 2.05) is 18.2 Å². The predicted molar refractivity (Wildman–Crippen MR) is 108 cm³/mol. The van der Waals surface area contributed by atoms with Gasteiger partial charge in [0.15, 0.2) is 5.75 Å². The Balaban J connectivity index is 1.89. The average Bonchev–Trinajstić information content (AvgIpc) is 2.62. The van der Waals surface area contributed by atoms with Crippen LogP contribution in [0.3, 0.4) is 0 Å². The molecule has 3 rings (SSSR count). The second-order valence-corrected chi connectivity index (χ2v) is 7.33. The molecule has 1 N–H and O–H groups in total. The number of amides is 1. The van der Waals surface area contributed by atoms with E-state index in [1.54, 1.807) is 0 Å². The first kappa shape index (κ1) is 19.2. The fourth-order valence-electron chi connectivity index (χ4n) is 3.14. The molecule has 1 heterocycles. The van der Waals surface area contributed by atoms with Crippen LogP contribution in [0.1, 0.15) is 29.6 Å². The predicted octanol–water partition coefficient (Wildman–Crippen LogP) is 5.90. The van der Waals surface area contributed by atoms with Gasteiger partial charge in [-0.3, -0.25) is 4.79 Å². The Morgan fingerprint density at radius 3 is 2.31 bits per heavy atom. The molecule has 0 aliphatic carbocycles. The number of benzene rings is 2. The zero-order chi connectivity index (χ0) is 18.7. The van der Waals surface area contributed by atoms with Crippen LogP contribution in [0.15, 0.2) is 30.3 Å². The molecule has 0 bridgehead atoms. The standard InChI is InChI=1S/C19H19Cl3N2O2/c1-26-18-14(21)10-12(11-15(18)22)19(25)23-16-7-5-6-13(20)17(16)24-8-3-2-4-9-24/h5-7,10-11H,2-4,8-9H2,1H3,(H,23,25). The van der Waals surface area contributed by atoms with Gasteiger partial charge in [0.1, 0.15) is 0 Å². The molecule has 0 aromatic heterocycles. The molecule has 1 aliphatic rings. The average molecular weight is 414 g/mol. The summed E-state index contributed by atoms with van der Waals surface area (Å²) in [4.78, 5) is 15.0. The molecule has 0 saturated carbocycles. The largest absolute Gasteiger partial charge is 0.494 e. The molecule has 2 aromatic carbocycles. The Morgan fingerprint density at radius 1 is 1.04 bits per heavy atom. The normalized spacial score (nSPS) is 14.2. The number of para-hydroxylation sites is 1. The molecular formula is C19H19Cl3N2O2. The monoisotopic (exact) mass is 412 g/mol. The van der Waals surface area contributed by atoms with Gasteiger partial charge in [-0.1, -0.05) is 40.9 Å². The number of rotatable bonds is 4. The van der Waals surface area contributed by atoms with E-state index in [0.717, 1.165) is 31.6 Å². The first-order valence-corrected chi connectivity index (χ1v) is 9.52. The van der Waals surface area contributed by atoms with Crippen LogP contribution in [0, 0.1) is 0 Å². The first-order chi connectivity index (χ1) is 12.5. The van der Waals surface area contributed by atoms with Gasteiger partial charge in [-0.05, 0) is 43.5 Å². The van der Waals surface area contributed by atoms with Crippen LogP contribution in [0.4, 0.5) is 11.4 Å². The van der Waals surface area contributed by atoms with Crippen molar-refractivity contribution in [1.29, 1.82) is 0 Å². The van der Waals surface area contributed by atoms with Gasteiger partial charge in [0.25, 0.3) is 5.91 Å². The van der Waals surface area contributed by atoms with E-state index >= 15 is 0 Å². The Labute approximate surface area is 168 Å². The van der Waals surface area contributed by atoms with E-state index in [0.29, 0.717) is 22.0 Å². The fraction of sp³-hybridized carbons (Fsp3) is 0.316. The minimum absolute atomic E-state index is 0.285. The van der Waals surface area contributed by atoms with E-state index < -0.39 is 0 Å². The fourth-order valence-corrected chi connectivity index (χ4v) is 4.07. The third kappa shape index (κ3) is 4.03. The van der Waals surface area contributed by atoms with Crippen LogP contribution >= 0.6 is 34.8 Å². The van der Waals surface area contributed by atoms with Crippen molar-refractivity contribution in [2.24, 2.45) is 0 Å². The minimum atomic E-state index is -0.308. The van der Waals surface area contributed by atoms with Gasteiger partial charge in [-0.2, -0.15) is 0 Å². The number of ether oxygens (including phenoxy) is 1. The summed E-state index contributed by atoms with van der Waals surface area (Å²) in [5.74, 6) is 0.0404. The van der Waals surface area contributed by atoms with E-state index in [4.69, 9.17) is 39.5 Å². The quantitative estimate of drug-likeness (QED) is 0.678. The van der Waals surface area contributed by atoms with Gasteiger partial charge in [0.2, 0.25) is 0 Å². The Kier molecular flexibility index (Phi) is 6.17. The van der Waals surface area contributed by atoms with Crippen molar-refractivity contribution >= 4 is 52.1 Å². The number of carbonyl (C=O) groups excluding carboxylic acids is 1. The third-order valence-corrected chi connectivity index (χ3v) is 5.24. The number of hydrogen-bond acceptors (Lipinski definition) is 3. The number of carbonyl (C=O) groups is 1. The van der Waals surface area contributed by atoms with Crippen LogP contribution < -0.4 is 15.0 Å². The molecule has 0 spiro atoms. The van der Waals surface area contributed by atoms with Crippen LogP contribution in [-0.2, 0) is 0 Å². The molecule has 7 heteroatoms. The summed E-state index contributed by atoms with van der Waals surface area (Å²) in [7, 11) is 1.48. The maximum Gasteiger partial charge on any atom is 0.255 e. The van der Waals surface area contributed by atoms with Crippen molar-refractivity contribution in [3.63, 3.8) is 0 Å². The van der Waals surface area contributed by atoms with Crippen molar-refractivity contribution in [2.75, 3.05) is 30.4 Å². The van der Waals surface area contributed by atoms with E-state index in [2.05, 4.69) is 10.2 Å². The molecule has 4 nitrogen and oxygen atoms in total. The lowest BCUT2D eigenvalue weighted by Gasteiger charge is -2.31. The number of methoxy groups -OCH3 is 1. The summed E-state index contributed by atoms with van der Waals surface area (Å²) in [6.07, 6.45) is 3.44. The van der Waals surface area contributed by atoms with Gasteiger partial charge < -0.3 is 15.0 Å². The zero-order valence-corrected chi connectivity index (χ0v) is 16.6. The summed E-state index contributed by atoms with van der Waals surface area (Å²) >= 11 is 18.7. The van der Waals surface area contributed by atoms with E-state index in [-0.39, 0.29) is 16.0 Å². The smallest absolute Gasteiger partial charge is 0.255 e. The summed E-state index contributed by atoms with van der Waals surface area (Å²) in [6.45, 7) is 1.85. The van der Waals surface area contributed by atoms with Crippen LogP contribution in [0.25, 0.3) is 0 Å². The molecule has 1 aliphatic heterocycles. The highest BCUT2D eigenvalue weighted by atomic mass is 35.5. The van der Waals surface area contributed by atoms with Gasteiger partial charge in [0.05, 0.1) is 33.6 Å². The minimum Gasteiger partial charge on any atom is -0.494 e. The molecule has 1 saturated heterocycles. The Morgan fingerprint density at radius 2 is 1.69 bits per heavy atom. The lowest BCUT2D eigenvalue weighted by Crippen LogP contribution is -2.30. The molecule has 0 radical (unpaired) electrons. The van der Waals surface area contributed by atoms with Crippen molar-refractivity contribution in [3.05, 3.63) is 51.0 Å².